The Labute approximate surface area is 193 Å². The van der Waals surface area contributed by atoms with Crippen LogP contribution in [0.15, 0.2) is 35.5 Å². The molecule has 180 valence electrons. The molecular weight excluding hydrogens is 430 g/mol. The average Bonchev–Trinajstić information content (AvgIpc) is 2.79. The third-order valence-electron chi connectivity index (χ3n) is 4.91. The summed E-state index contributed by atoms with van der Waals surface area (Å²) in [5, 5.41) is 7.98. The standard InChI is InChI=1S/C23H31N3O7/c1-4-32-22(29)20-18(14-33-19(28)8-6-5-7-13-24-15(2)27)25-23(30)26-21(20)16-9-11-17(31-3)12-10-16/h9-12,21H,4-8,13-14H2,1-3H3,(H,24,27)(H2,25,26,30). The van der Waals surface area contributed by atoms with Crippen molar-refractivity contribution in [2.45, 2.75) is 45.6 Å². The Morgan fingerprint density at radius 2 is 1.79 bits per heavy atom. The summed E-state index contributed by atoms with van der Waals surface area (Å²) in [5.41, 5.74) is 0.999. The Balaban J connectivity index is 2.07. The van der Waals surface area contributed by atoms with Gasteiger partial charge in [-0.05, 0) is 37.5 Å². The lowest BCUT2D eigenvalue weighted by Crippen LogP contribution is -2.47. The number of methoxy groups -OCH3 is 1. The molecule has 1 aromatic rings. The van der Waals surface area contributed by atoms with Crippen LogP contribution in [0, 0.1) is 0 Å². The van der Waals surface area contributed by atoms with Gasteiger partial charge in [-0.15, -0.1) is 0 Å². The summed E-state index contributed by atoms with van der Waals surface area (Å²) in [7, 11) is 1.54. The SMILES string of the molecule is CCOC(=O)C1=C(COC(=O)CCCCCNC(C)=O)NC(=O)NC1c1ccc(OC)cc1. The first-order valence-electron chi connectivity index (χ1n) is 10.9. The number of unbranched alkanes of at least 4 members (excludes halogenated alkanes) is 2. The monoisotopic (exact) mass is 461 g/mol. The number of rotatable bonds is 12. The highest BCUT2D eigenvalue weighted by Crippen LogP contribution is 2.29. The first-order chi connectivity index (χ1) is 15.8. The molecule has 1 atom stereocenters. The first kappa shape index (κ1) is 25.7. The van der Waals surface area contributed by atoms with Crippen LogP contribution in [0.2, 0.25) is 0 Å². The maximum absolute atomic E-state index is 12.7. The van der Waals surface area contributed by atoms with Gasteiger partial charge in [0.15, 0.2) is 0 Å². The zero-order chi connectivity index (χ0) is 24.2. The number of esters is 2. The normalized spacial score (nSPS) is 15.2. The maximum atomic E-state index is 12.7. The predicted octanol–water partition coefficient (Wildman–Crippen LogP) is 2.11. The Morgan fingerprint density at radius 3 is 2.42 bits per heavy atom. The number of benzene rings is 1. The molecule has 1 aromatic carbocycles. The molecule has 0 spiro atoms. The van der Waals surface area contributed by atoms with Crippen LogP contribution in [0.3, 0.4) is 0 Å². The number of hydrogen-bond acceptors (Lipinski definition) is 7. The lowest BCUT2D eigenvalue weighted by molar-refractivity contribution is -0.143. The molecule has 2 rings (SSSR count). The van der Waals surface area contributed by atoms with E-state index < -0.39 is 24.0 Å². The topological polar surface area (TPSA) is 132 Å². The van der Waals surface area contributed by atoms with Gasteiger partial charge in [0.2, 0.25) is 5.91 Å². The van der Waals surface area contributed by atoms with E-state index in [2.05, 4.69) is 16.0 Å². The van der Waals surface area contributed by atoms with Gasteiger partial charge in [-0.2, -0.15) is 0 Å². The zero-order valence-corrected chi connectivity index (χ0v) is 19.2. The summed E-state index contributed by atoms with van der Waals surface area (Å²) in [6, 6.07) is 5.62. The van der Waals surface area contributed by atoms with Crippen LogP contribution in [0.5, 0.6) is 5.75 Å². The van der Waals surface area contributed by atoms with Crippen molar-refractivity contribution in [2.24, 2.45) is 0 Å². The van der Waals surface area contributed by atoms with Crippen molar-refractivity contribution in [3.05, 3.63) is 41.1 Å². The van der Waals surface area contributed by atoms with Crippen molar-refractivity contribution in [3.8, 4) is 5.75 Å². The molecule has 1 aliphatic rings. The van der Waals surface area contributed by atoms with Crippen molar-refractivity contribution in [1.29, 1.82) is 0 Å². The van der Waals surface area contributed by atoms with Crippen LogP contribution in [0.25, 0.3) is 0 Å². The highest BCUT2D eigenvalue weighted by Gasteiger charge is 2.34. The first-order valence-corrected chi connectivity index (χ1v) is 10.9. The van der Waals surface area contributed by atoms with Crippen LogP contribution in [-0.4, -0.2) is 50.7 Å². The molecule has 33 heavy (non-hydrogen) atoms. The molecule has 10 heteroatoms. The third kappa shape index (κ3) is 8.13. The number of carbonyl (C=O) groups excluding carboxylic acids is 4. The van der Waals surface area contributed by atoms with Crippen LogP contribution in [-0.2, 0) is 23.9 Å². The van der Waals surface area contributed by atoms with E-state index in [9.17, 15) is 19.2 Å². The molecule has 1 aliphatic heterocycles. The smallest absolute Gasteiger partial charge is 0.338 e. The number of carbonyl (C=O) groups is 4. The fourth-order valence-corrected chi connectivity index (χ4v) is 3.29. The summed E-state index contributed by atoms with van der Waals surface area (Å²) < 4.78 is 15.7. The van der Waals surface area contributed by atoms with Gasteiger partial charge in [0.25, 0.3) is 0 Å². The predicted molar refractivity (Wildman–Crippen MR) is 119 cm³/mol. The van der Waals surface area contributed by atoms with Gasteiger partial charge in [-0.1, -0.05) is 18.6 Å². The molecule has 1 heterocycles. The number of nitrogens with one attached hydrogen (secondary N) is 3. The Kier molecular flexibility index (Phi) is 10.2. The minimum absolute atomic E-state index is 0.0861. The summed E-state index contributed by atoms with van der Waals surface area (Å²) >= 11 is 0. The van der Waals surface area contributed by atoms with Gasteiger partial charge in [0.1, 0.15) is 12.4 Å². The molecule has 0 aliphatic carbocycles. The molecule has 0 saturated heterocycles. The number of ether oxygens (including phenoxy) is 3. The van der Waals surface area contributed by atoms with E-state index in [0.717, 1.165) is 12.8 Å². The molecule has 0 radical (unpaired) electrons. The van der Waals surface area contributed by atoms with Gasteiger partial charge in [-0.25, -0.2) is 9.59 Å². The second-order valence-electron chi connectivity index (χ2n) is 7.37. The van der Waals surface area contributed by atoms with Gasteiger partial charge in [-0.3, -0.25) is 9.59 Å². The zero-order valence-electron chi connectivity index (χ0n) is 19.2. The quantitative estimate of drug-likeness (QED) is 0.321. The summed E-state index contributed by atoms with van der Waals surface area (Å²) in [4.78, 5) is 48.0. The molecule has 0 aromatic heterocycles. The van der Waals surface area contributed by atoms with Crippen LogP contribution < -0.4 is 20.7 Å². The van der Waals surface area contributed by atoms with E-state index in [-0.39, 0.29) is 36.8 Å². The minimum Gasteiger partial charge on any atom is -0.497 e. The molecule has 0 bridgehead atoms. The van der Waals surface area contributed by atoms with E-state index >= 15 is 0 Å². The summed E-state index contributed by atoms with van der Waals surface area (Å²) in [6.07, 6.45) is 2.31. The molecule has 3 N–H and O–H groups in total. The second-order valence-corrected chi connectivity index (χ2v) is 7.37. The van der Waals surface area contributed by atoms with Crippen molar-refractivity contribution in [3.63, 3.8) is 0 Å². The third-order valence-corrected chi connectivity index (χ3v) is 4.91. The molecule has 0 saturated carbocycles. The fraction of sp³-hybridized carbons (Fsp3) is 0.478. The fourth-order valence-electron chi connectivity index (χ4n) is 3.29. The Hall–Kier alpha value is -3.56. The summed E-state index contributed by atoms with van der Waals surface area (Å²) in [5.74, 6) is -0.516. The highest BCUT2D eigenvalue weighted by atomic mass is 16.5. The van der Waals surface area contributed by atoms with E-state index in [1.807, 2.05) is 0 Å². The summed E-state index contributed by atoms with van der Waals surface area (Å²) in [6.45, 7) is 3.58. The molecule has 1 unspecified atom stereocenters. The number of hydrogen-bond donors (Lipinski definition) is 3. The lowest BCUT2D eigenvalue weighted by Gasteiger charge is -2.29. The van der Waals surface area contributed by atoms with Crippen molar-refractivity contribution in [2.75, 3.05) is 26.9 Å². The van der Waals surface area contributed by atoms with E-state index in [1.165, 1.54) is 6.92 Å². The van der Waals surface area contributed by atoms with Gasteiger partial charge in [0, 0.05) is 19.9 Å². The van der Waals surface area contributed by atoms with Gasteiger partial charge >= 0.3 is 18.0 Å². The van der Waals surface area contributed by atoms with E-state index in [4.69, 9.17) is 14.2 Å². The van der Waals surface area contributed by atoms with Crippen molar-refractivity contribution < 1.29 is 33.4 Å². The van der Waals surface area contributed by atoms with Crippen molar-refractivity contribution >= 4 is 23.9 Å². The van der Waals surface area contributed by atoms with Gasteiger partial charge in [0.05, 0.1) is 31.0 Å². The highest BCUT2D eigenvalue weighted by molar-refractivity contribution is 5.95. The maximum Gasteiger partial charge on any atom is 0.338 e. The Morgan fingerprint density at radius 1 is 1.06 bits per heavy atom. The lowest BCUT2D eigenvalue weighted by atomic mass is 9.95. The molecule has 3 amide bonds. The largest absolute Gasteiger partial charge is 0.497 e. The molecular formula is C23H31N3O7. The number of urea groups is 1. The van der Waals surface area contributed by atoms with Gasteiger partial charge < -0.3 is 30.2 Å². The van der Waals surface area contributed by atoms with Crippen LogP contribution in [0.4, 0.5) is 4.79 Å². The number of amides is 3. The second kappa shape index (κ2) is 13.1. The van der Waals surface area contributed by atoms with Crippen molar-refractivity contribution in [1.82, 2.24) is 16.0 Å². The minimum atomic E-state index is -0.772. The average molecular weight is 462 g/mol. The Bertz CT molecular complexity index is 881. The van der Waals surface area contributed by atoms with E-state index in [1.54, 1.807) is 38.3 Å². The molecule has 0 fully saturated rings. The van der Waals surface area contributed by atoms with Crippen LogP contribution in [0.1, 0.15) is 51.1 Å². The molecule has 10 nitrogen and oxygen atoms in total. The van der Waals surface area contributed by atoms with E-state index in [0.29, 0.717) is 24.3 Å². The van der Waals surface area contributed by atoms with Crippen LogP contribution >= 0.6 is 0 Å².